The summed E-state index contributed by atoms with van der Waals surface area (Å²) in [4.78, 5) is 12.7. The molecule has 0 saturated heterocycles. The van der Waals surface area contributed by atoms with Crippen molar-refractivity contribution < 1.29 is 8.42 Å². The van der Waals surface area contributed by atoms with Gasteiger partial charge in [0.05, 0.1) is 10.6 Å². The maximum atomic E-state index is 11.2. The fraction of sp³-hybridized carbons (Fsp3) is 0. The number of fused-ring (bicyclic) bond motifs is 1. The highest BCUT2D eigenvalue weighted by Gasteiger charge is 2.07. The van der Waals surface area contributed by atoms with Gasteiger partial charge in [-0.25, -0.2) is 13.6 Å². The Hall–Kier alpha value is -2.28. The van der Waals surface area contributed by atoms with Gasteiger partial charge in [-0.05, 0) is 36.5 Å². The SMILES string of the molecule is NS(=O)(=O)c1ccc(N=Nc2nc3[nH]c(=S)[nH]c(=S)c3[nH]2)cc1. The van der Waals surface area contributed by atoms with Crippen molar-refractivity contribution in [1.29, 1.82) is 0 Å². The molecule has 3 rings (SSSR count). The van der Waals surface area contributed by atoms with E-state index in [1.165, 1.54) is 24.3 Å². The zero-order chi connectivity index (χ0) is 16.6. The van der Waals surface area contributed by atoms with Gasteiger partial charge in [-0.2, -0.15) is 4.98 Å². The van der Waals surface area contributed by atoms with E-state index in [1.54, 1.807) is 0 Å². The second kappa shape index (κ2) is 5.73. The molecule has 0 unspecified atom stereocenters. The number of azo groups is 1. The van der Waals surface area contributed by atoms with Crippen LogP contribution < -0.4 is 5.14 Å². The third-order valence-electron chi connectivity index (χ3n) is 2.80. The minimum absolute atomic E-state index is 0.000881. The first-order valence-corrected chi connectivity index (χ1v) is 8.46. The number of nitrogens with zero attached hydrogens (tertiary/aromatic N) is 3. The smallest absolute Gasteiger partial charge is 0.249 e. The number of aromatic amines is 3. The van der Waals surface area contributed by atoms with Crippen molar-refractivity contribution in [3.63, 3.8) is 0 Å². The summed E-state index contributed by atoms with van der Waals surface area (Å²) in [5.74, 6) is 0.229. The molecule has 1 aromatic carbocycles. The van der Waals surface area contributed by atoms with E-state index < -0.39 is 10.0 Å². The largest absolute Gasteiger partial charge is 0.322 e. The van der Waals surface area contributed by atoms with Crippen molar-refractivity contribution in [3.05, 3.63) is 33.7 Å². The maximum absolute atomic E-state index is 11.2. The van der Waals surface area contributed by atoms with E-state index in [0.29, 0.717) is 26.3 Å². The average Bonchev–Trinajstić information content (AvgIpc) is 2.88. The lowest BCUT2D eigenvalue weighted by atomic mass is 10.3. The fourth-order valence-corrected chi connectivity index (χ4v) is 2.80. The predicted molar refractivity (Wildman–Crippen MR) is 88.5 cm³/mol. The third-order valence-corrected chi connectivity index (χ3v) is 4.24. The van der Waals surface area contributed by atoms with Crippen molar-refractivity contribution in [1.82, 2.24) is 19.9 Å². The van der Waals surface area contributed by atoms with Gasteiger partial charge in [-0.3, -0.25) is 0 Å². The normalized spacial score (nSPS) is 12.2. The first kappa shape index (κ1) is 15.6. The number of nitrogens with one attached hydrogen (secondary N) is 3. The molecule has 0 amide bonds. The number of sulfonamides is 1. The number of aromatic nitrogens is 4. The van der Waals surface area contributed by atoms with Crippen LogP contribution in [0.5, 0.6) is 0 Å². The van der Waals surface area contributed by atoms with E-state index >= 15 is 0 Å². The summed E-state index contributed by atoms with van der Waals surface area (Å²) in [5, 5.41) is 12.9. The van der Waals surface area contributed by atoms with Gasteiger partial charge in [0.2, 0.25) is 16.0 Å². The lowest BCUT2D eigenvalue weighted by Crippen LogP contribution is -2.11. The molecule has 0 bridgehead atoms. The molecule has 5 N–H and O–H groups in total. The standard InChI is InChI=1S/C11H9N7O2S3/c12-23(19,20)6-3-1-5(2-4-6)17-18-10-13-7-8(14-10)15-11(22)16-9(7)21/h1-4H,(H2,12,19,20)(H3,13,14,15,16,21,22). The molecule has 0 aliphatic carbocycles. The molecular formula is C11H9N7O2S3. The Bertz CT molecular complexity index is 1120. The van der Waals surface area contributed by atoms with Crippen molar-refractivity contribution in [2.75, 3.05) is 0 Å². The van der Waals surface area contributed by atoms with Crippen molar-refractivity contribution in [3.8, 4) is 0 Å². The number of hydrogen-bond donors (Lipinski definition) is 4. The Labute approximate surface area is 139 Å². The maximum Gasteiger partial charge on any atom is 0.249 e. The molecule has 0 fully saturated rings. The molecule has 0 aliphatic heterocycles. The van der Waals surface area contributed by atoms with E-state index in [4.69, 9.17) is 29.6 Å². The highest BCUT2D eigenvalue weighted by molar-refractivity contribution is 7.89. The lowest BCUT2D eigenvalue weighted by Gasteiger charge is -1.97. The van der Waals surface area contributed by atoms with E-state index in [9.17, 15) is 8.42 Å². The molecule has 12 heteroatoms. The van der Waals surface area contributed by atoms with Crippen LogP contribution in [0.15, 0.2) is 39.4 Å². The molecule has 2 aromatic heterocycles. The van der Waals surface area contributed by atoms with Crippen LogP contribution in [0.2, 0.25) is 0 Å². The molecule has 9 nitrogen and oxygen atoms in total. The molecular weight excluding hydrogens is 358 g/mol. The zero-order valence-electron chi connectivity index (χ0n) is 11.3. The van der Waals surface area contributed by atoms with Crippen LogP contribution in [-0.2, 0) is 10.0 Å². The second-order valence-electron chi connectivity index (χ2n) is 4.43. The molecule has 23 heavy (non-hydrogen) atoms. The van der Waals surface area contributed by atoms with Crippen LogP contribution >= 0.6 is 24.4 Å². The van der Waals surface area contributed by atoms with Crippen LogP contribution in [-0.4, -0.2) is 28.4 Å². The van der Waals surface area contributed by atoms with Crippen molar-refractivity contribution in [2.24, 2.45) is 15.4 Å². The molecule has 2 heterocycles. The summed E-state index contributed by atoms with van der Waals surface area (Å²) < 4.78 is 23.1. The number of imidazole rings is 1. The quantitative estimate of drug-likeness (QED) is 0.415. The summed E-state index contributed by atoms with van der Waals surface area (Å²) >= 11 is 10.1. The van der Waals surface area contributed by atoms with E-state index in [1.807, 2.05) is 0 Å². The van der Waals surface area contributed by atoms with Crippen LogP contribution in [0.3, 0.4) is 0 Å². The molecule has 0 spiro atoms. The van der Waals surface area contributed by atoms with E-state index in [0.717, 1.165) is 0 Å². The van der Waals surface area contributed by atoms with E-state index in [-0.39, 0.29) is 10.8 Å². The molecule has 3 aromatic rings. The number of H-pyrrole nitrogens is 3. The van der Waals surface area contributed by atoms with Gasteiger partial charge in [0.15, 0.2) is 10.4 Å². The van der Waals surface area contributed by atoms with Gasteiger partial charge in [-0.1, -0.05) is 12.2 Å². The Morgan fingerprint density at radius 3 is 2.39 bits per heavy atom. The summed E-state index contributed by atoms with van der Waals surface area (Å²) in [5.41, 5.74) is 1.47. The first-order chi connectivity index (χ1) is 10.8. The highest BCUT2D eigenvalue weighted by Crippen LogP contribution is 2.20. The second-order valence-corrected chi connectivity index (χ2v) is 6.81. The summed E-state index contributed by atoms with van der Waals surface area (Å²) in [6, 6.07) is 5.64. The Kier molecular flexibility index (Phi) is 3.89. The van der Waals surface area contributed by atoms with Gasteiger partial charge >= 0.3 is 0 Å². The summed E-state index contributed by atoms with van der Waals surface area (Å²) in [6.07, 6.45) is 0. The first-order valence-electron chi connectivity index (χ1n) is 6.10. The van der Waals surface area contributed by atoms with Crippen molar-refractivity contribution >= 4 is 57.3 Å². The average molecular weight is 367 g/mol. The fourth-order valence-electron chi connectivity index (χ4n) is 1.77. The molecule has 0 aliphatic rings. The number of nitrogens with two attached hydrogens (primary N) is 1. The van der Waals surface area contributed by atoms with Gasteiger partial charge in [-0.15, -0.1) is 10.2 Å². The van der Waals surface area contributed by atoms with Crippen LogP contribution in [0.4, 0.5) is 11.6 Å². The number of benzene rings is 1. The molecule has 0 saturated carbocycles. The highest BCUT2D eigenvalue weighted by atomic mass is 32.2. The number of primary sulfonamides is 1. The van der Waals surface area contributed by atoms with Gasteiger partial charge in [0.25, 0.3) is 0 Å². The minimum atomic E-state index is -3.73. The number of hydrogen-bond acceptors (Lipinski definition) is 7. The van der Waals surface area contributed by atoms with Gasteiger partial charge in [0, 0.05) is 0 Å². The summed E-state index contributed by atoms with van der Waals surface area (Å²) in [6.45, 7) is 0. The summed E-state index contributed by atoms with van der Waals surface area (Å²) in [7, 11) is -3.73. The molecule has 0 atom stereocenters. The molecule has 0 radical (unpaired) electrons. The van der Waals surface area contributed by atoms with E-state index in [2.05, 4.69) is 30.2 Å². The predicted octanol–water partition coefficient (Wildman–Crippen LogP) is 2.74. The lowest BCUT2D eigenvalue weighted by molar-refractivity contribution is 0.598. The zero-order valence-corrected chi connectivity index (χ0v) is 13.7. The van der Waals surface area contributed by atoms with Crippen LogP contribution in [0.25, 0.3) is 11.2 Å². The monoisotopic (exact) mass is 367 g/mol. The number of rotatable bonds is 3. The Balaban J connectivity index is 1.92. The minimum Gasteiger partial charge on any atom is -0.322 e. The van der Waals surface area contributed by atoms with Crippen LogP contribution in [0.1, 0.15) is 0 Å². The van der Waals surface area contributed by atoms with Gasteiger partial charge < -0.3 is 15.0 Å². The Morgan fingerprint density at radius 2 is 1.74 bits per heavy atom. The van der Waals surface area contributed by atoms with Crippen LogP contribution in [0, 0.1) is 9.41 Å². The topological polar surface area (TPSA) is 145 Å². The van der Waals surface area contributed by atoms with Gasteiger partial charge in [0.1, 0.15) is 10.2 Å². The third kappa shape index (κ3) is 3.39. The van der Waals surface area contributed by atoms with Crippen molar-refractivity contribution in [2.45, 2.75) is 4.90 Å². The molecule has 118 valence electrons. The Morgan fingerprint density at radius 1 is 1.04 bits per heavy atom.